The van der Waals surface area contributed by atoms with E-state index >= 15 is 0 Å². The number of hydrogen-bond donors (Lipinski definition) is 5. The molecule has 13 heteroatoms. The Balaban J connectivity index is 1.08. The average Bonchev–Trinajstić information content (AvgIpc) is 3.42. The van der Waals surface area contributed by atoms with Crippen molar-refractivity contribution in [2.24, 2.45) is 5.73 Å². The number of hydrogen-bond acceptors (Lipinski definition) is 10. The number of morpholine rings is 1. The first-order valence-electron chi connectivity index (χ1n) is 15.5. The number of anilines is 6. The lowest BCUT2D eigenvalue weighted by atomic mass is 10.2. The number of nitrogens with two attached hydrogens (primary N) is 1. The molecular weight excluding hydrogens is 584 g/mol. The molecule has 2 atom stereocenters. The average molecular weight is 621 g/mol. The molecule has 2 unspecified atom stereocenters. The van der Waals surface area contributed by atoms with Gasteiger partial charge in [-0.05, 0) is 85.6 Å². The summed E-state index contributed by atoms with van der Waals surface area (Å²) in [6.45, 7) is 5.42. The first-order valence-corrected chi connectivity index (χ1v) is 15.5. The largest absolute Gasteiger partial charge is 0.371 e. The van der Waals surface area contributed by atoms with Gasteiger partial charge >= 0.3 is 6.03 Å². The summed E-state index contributed by atoms with van der Waals surface area (Å²) >= 11 is 0. The zero-order valence-corrected chi connectivity index (χ0v) is 25.3. The molecule has 13 nitrogen and oxygen atoms in total. The fraction of sp³-hybridized carbons (Fsp3) is 0.303. The Morgan fingerprint density at radius 3 is 2.00 bits per heavy atom. The molecule has 3 aliphatic heterocycles. The number of rotatable bonds is 8. The van der Waals surface area contributed by atoms with Crippen molar-refractivity contribution >= 4 is 46.6 Å². The number of ether oxygens (including phenoxy) is 1. The topological polar surface area (TPSA) is 163 Å². The number of aromatic nitrogens is 3. The van der Waals surface area contributed by atoms with Crippen LogP contribution in [0.2, 0.25) is 0 Å². The molecule has 3 amide bonds. The molecule has 6 N–H and O–H groups in total. The molecule has 3 aliphatic rings. The van der Waals surface area contributed by atoms with E-state index in [0.717, 1.165) is 63.4 Å². The normalized spacial score (nSPS) is 19.0. The zero-order chi connectivity index (χ0) is 31.5. The SMILES string of the molecule is NC(=O)c1ccc(NC(=O)Nc2ccc(-c3nc(Nc4ccc(N5CCNCC5)cc4)nc(N4CC5CCC(C4)O5)n3)cc2)cc1. The standard InChI is InChI=1S/C33H36N10O3/c34-29(44)21-1-5-24(6-2-21)37-33(45)38-25-7-3-22(4-8-25)30-39-31(41-32(40-30)43-19-27-13-14-28(20-43)46-27)36-23-9-11-26(12-10-23)42-17-15-35-16-18-42/h1-12,27-28,35H,13-20H2,(H2,34,44)(H2,37,38,45)(H,36,39,40,41). The van der Waals surface area contributed by atoms with Crippen LogP contribution in [0.5, 0.6) is 0 Å². The summed E-state index contributed by atoms with van der Waals surface area (Å²) in [6.07, 6.45) is 2.46. The van der Waals surface area contributed by atoms with Crippen molar-refractivity contribution in [3.8, 4) is 11.4 Å². The Hall–Kier alpha value is -5.27. The highest BCUT2D eigenvalue weighted by molar-refractivity contribution is 6.00. The van der Waals surface area contributed by atoms with E-state index < -0.39 is 11.9 Å². The zero-order valence-electron chi connectivity index (χ0n) is 25.3. The number of fused-ring (bicyclic) bond motifs is 2. The van der Waals surface area contributed by atoms with Crippen LogP contribution >= 0.6 is 0 Å². The quantitative estimate of drug-likeness (QED) is 0.196. The summed E-state index contributed by atoms with van der Waals surface area (Å²) in [7, 11) is 0. The summed E-state index contributed by atoms with van der Waals surface area (Å²) in [4.78, 5) is 42.9. The van der Waals surface area contributed by atoms with Gasteiger partial charge in [-0.15, -0.1) is 0 Å². The number of nitrogens with zero attached hydrogens (tertiary/aromatic N) is 5. The van der Waals surface area contributed by atoms with Gasteiger partial charge in [-0.1, -0.05) is 0 Å². The Labute approximate surface area is 266 Å². The van der Waals surface area contributed by atoms with Crippen LogP contribution in [-0.4, -0.2) is 78.4 Å². The van der Waals surface area contributed by atoms with Crippen LogP contribution in [0.3, 0.4) is 0 Å². The molecule has 0 radical (unpaired) electrons. The first kappa shape index (κ1) is 29.4. The summed E-state index contributed by atoms with van der Waals surface area (Å²) in [6, 6.07) is 21.6. The molecule has 4 aromatic rings. The van der Waals surface area contributed by atoms with Gasteiger partial charge < -0.3 is 41.5 Å². The molecule has 0 spiro atoms. The van der Waals surface area contributed by atoms with E-state index in [9.17, 15) is 9.59 Å². The number of urea groups is 1. The Kier molecular flexibility index (Phi) is 8.31. The fourth-order valence-corrected chi connectivity index (χ4v) is 5.99. The molecule has 46 heavy (non-hydrogen) atoms. The van der Waals surface area contributed by atoms with Gasteiger partial charge in [-0.25, -0.2) is 4.79 Å². The van der Waals surface area contributed by atoms with Crippen molar-refractivity contribution < 1.29 is 14.3 Å². The van der Waals surface area contributed by atoms with Crippen LogP contribution < -0.4 is 36.8 Å². The maximum absolute atomic E-state index is 12.6. The fourth-order valence-electron chi connectivity index (χ4n) is 5.99. The first-order chi connectivity index (χ1) is 22.4. The molecule has 2 bridgehead atoms. The summed E-state index contributed by atoms with van der Waals surface area (Å²) in [5, 5.41) is 12.4. The van der Waals surface area contributed by atoms with Gasteiger partial charge in [0, 0.05) is 73.1 Å². The van der Waals surface area contributed by atoms with E-state index in [0.29, 0.717) is 34.7 Å². The Morgan fingerprint density at radius 1 is 0.761 bits per heavy atom. The van der Waals surface area contributed by atoms with Gasteiger partial charge in [0.1, 0.15) is 0 Å². The summed E-state index contributed by atoms with van der Waals surface area (Å²) in [5.41, 5.74) is 9.64. The van der Waals surface area contributed by atoms with Crippen molar-refractivity contribution in [3.63, 3.8) is 0 Å². The second-order valence-corrected chi connectivity index (χ2v) is 11.7. The Bertz CT molecular complexity index is 1680. The minimum atomic E-state index is -0.527. The van der Waals surface area contributed by atoms with Crippen LogP contribution in [0.4, 0.5) is 39.4 Å². The molecule has 4 heterocycles. The molecule has 7 rings (SSSR count). The second-order valence-electron chi connectivity index (χ2n) is 11.7. The number of carbonyl (C=O) groups is 2. The third-order valence-corrected chi connectivity index (χ3v) is 8.38. The predicted octanol–water partition coefficient (Wildman–Crippen LogP) is 3.80. The van der Waals surface area contributed by atoms with E-state index in [1.165, 1.54) is 5.69 Å². The molecule has 0 aliphatic carbocycles. The van der Waals surface area contributed by atoms with Crippen molar-refractivity contribution in [1.82, 2.24) is 20.3 Å². The minimum absolute atomic E-state index is 0.186. The maximum Gasteiger partial charge on any atom is 0.323 e. The maximum atomic E-state index is 12.6. The van der Waals surface area contributed by atoms with E-state index in [1.807, 2.05) is 24.3 Å². The number of carbonyl (C=O) groups excluding carboxylic acids is 2. The van der Waals surface area contributed by atoms with E-state index in [4.69, 9.17) is 25.4 Å². The molecular formula is C33H36N10O3. The van der Waals surface area contributed by atoms with Gasteiger partial charge in [0.15, 0.2) is 5.82 Å². The van der Waals surface area contributed by atoms with Gasteiger partial charge in [-0.3, -0.25) is 4.79 Å². The number of primary amides is 1. The van der Waals surface area contributed by atoms with Crippen LogP contribution in [0.15, 0.2) is 72.8 Å². The highest BCUT2D eigenvalue weighted by Crippen LogP contribution is 2.30. The molecule has 0 saturated carbocycles. The van der Waals surface area contributed by atoms with Crippen molar-refractivity contribution in [2.45, 2.75) is 25.0 Å². The van der Waals surface area contributed by atoms with Crippen molar-refractivity contribution in [3.05, 3.63) is 78.4 Å². The molecule has 3 fully saturated rings. The van der Waals surface area contributed by atoms with Crippen molar-refractivity contribution in [1.29, 1.82) is 0 Å². The second kappa shape index (κ2) is 13.0. The van der Waals surface area contributed by atoms with Gasteiger partial charge in [0.25, 0.3) is 0 Å². The van der Waals surface area contributed by atoms with E-state index in [-0.39, 0.29) is 12.2 Å². The number of amides is 3. The van der Waals surface area contributed by atoms with E-state index in [1.54, 1.807) is 36.4 Å². The Morgan fingerprint density at radius 2 is 1.37 bits per heavy atom. The van der Waals surface area contributed by atoms with Gasteiger partial charge in [-0.2, -0.15) is 15.0 Å². The lowest BCUT2D eigenvalue weighted by Gasteiger charge is -2.32. The summed E-state index contributed by atoms with van der Waals surface area (Å²) < 4.78 is 6.05. The number of piperazine rings is 1. The molecule has 236 valence electrons. The number of nitrogens with one attached hydrogen (secondary N) is 4. The summed E-state index contributed by atoms with van der Waals surface area (Å²) in [5.74, 6) is 1.06. The third kappa shape index (κ3) is 6.85. The predicted molar refractivity (Wildman–Crippen MR) is 178 cm³/mol. The smallest absolute Gasteiger partial charge is 0.323 e. The van der Waals surface area contributed by atoms with Gasteiger partial charge in [0.05, 0.1) is 12.2 Å². The van der Waals surface area contributed by atoms with E-state index in [2.05, 4.69) is 43.2 Å². The van der Waals surface area contributed by atoms with Crippen LogP contribution in [0.25, 0.3) is 11.4 Å². The molecule has 3 saturated heterocycles. The minimum Gasteiger partial charge on any atom is -0.371 e. The highest BCUT2D eigenvalue weighted by Gasteiger charge is 2.35. The van der Waals surface area contributed by atoms with Crippen LogP contribution in [0.1, 0.15) is 23.2 Å². The molecule has 3 aromatic carbocycles. The number of benzene rings is 3. The lowest BCUT2D eigenvalue weighted by molar-refractivity contribution is 0.0299. The van der Waals surface area contributed by atoms with Crippen LogP contribution in [-0.2, 0) is 4.74 Å². The highest BCUT2D eigenvalue weighted by atomic mass is 16.5. The van der Waals surface area contributed by atoms with Crippen molar-refractivity contribution in [2.75, 3.05) is 65.0 Å². The molecule has 1 aromatic heterocycles. The lowest BCUT2D eigenvalue weighted by Crippen LogP contribution is -2.43. The van der Waals surface area contributed by atoms with Crippen LogP contribution in [0, 0.1) is 0 Å². The monoisotopic (exact) mass is 620 g/mol. The van der Waals surface area contributed by atoms with Gasteiger partial charge in [0.2, 0.25) is 17.8 Å². The third-order valence-electron chi connectivity index (χ3n) is 8.38.